The lowest BCUT2D eigenvalue weighted by molar-refractivity contribution is -0.0913. The molecule has 1 N–H and O–H groups in total. The van der Waals surface area contributed by atoms with Crippen LogP contribution in [0.4, 0.5) is 0 Å². The van der Waals surface area contributed by atoms with Crippen molar-refractivity contribution >= 4 is 11.6 Å². The molecule has 1 aromatic heterocycles. The summed E-state index contributed by atoms with van der Waals surface area (Å²) in [5.41, 5.74) is 5.35. The zero-order chi connectivity index (χ0) is 21.6. The van der Waals surface area contributed by atoms with E-state index >= 15 is 0 Å². The van der Waals surface area contributed by atoms with Crippen LogP contribution in [0.2, 0.25) is 0 Å². The summed E-state index contributed by atoms with van der Waals surface area (Å²) in [4.78, 5) is 16.4. The number of carbonyl (C=O) groups is 1. The van der Waals surface area contributed by atoms with Gasteiger partial charge in [0.1, 0.15) is 0 Å². The van der Waals surface area contributed by atoms with Gasteiger partial charge in [0.2, 0.25) is 0 Å². The Balaban J connectivity index is 1.32. The Hall–Kier alpha value is -1.97. The maximum absolute atomic E-state index is 12.4. The fourth-order valence-corrected chi connectivity index (χ4v) is 8.31. The van der Waals surface area contributed by atoms with Crippen molar-refractivity contribution in [1.82, 2.24) is 10.4 Å². The number of rotatable bonds is 3. The molecule has 1 heterocycles. The highest BCUT2D eigenvalue weighted by Crippen LogP contribution is 2.67. The molecule has 7 atom stereocenters. The molecule has 4 aliphatic carbocycles. The first-order valence-corrected chi connectivity index (χ1v) is 12.3. The molecule has 3 saturated carbocycles. The van der Waals surface area contributed by atoms with Crippen molar-refractivity contribution in [1.29, 1.82) is 0 Å². The molecule has 0 saturated heterocycles. The molecule has 31 heavy (non-hydrogen) atoms. The molecule has 0 aliphatic heterocycles. The normalized spacial score (nSPS) is 41.8. The van der Waals surface area contributed by atoms with Crippen molar-refractivity contribution < 1.29 is 4.79 Å². The zero-order valence-electron chi connectivity index (χ0n) is 19.3. The van der Waals surface area contributed by atoms with Crippen LogP contribution >= 0.6 is 0 Å². The molecule has 0 spiro atoms. The Kier molecular flexibility index (Phi) is 5.30. The Labute approximate surface area is 187 Å². The third-order valence-electron chi connectivity index (χ3n) is 9.99. The number of fused-ring (bicyclic) bond motifs is 5. The zero-order valence-corrected chi connectivity index (χ0v) is 19.3. The number of pyridine rings is 1. The molecule has 166 valence electrons. The van der Waals surface area contributed by atoms with Gasteiger partial charge >= 0.3 is 0 Å². The van der Waals surface area contributed by atoms with Crippen LogP contribution in [0.25, 0.3) is 0 Å². The molecule has 4 heteroatoms. The van der Waals surface area contributed by atoms with Gasteiger partial charge in [-0.2, -0.15) is 5.10 Å². The fraction of sp³-hybridized carbons (Fsp3) is 0.667. The van der Waals surface area contributed by atoms with E-state index in [1.165, 1.54) is 51.4 Å². The van der Waals surface area contributed by atoms with E-state index in [2.05, 4.69) is 48.4 Å². The van der Waals surface area contributed by atoms with Crippen molar-refractivity contribution in [2.75, 3.05) is 0 Å². The number of allylic oxidation sites excluding steroid dienone is 2. The van der Waals surface area contributed by atoms with Crippen molar-refractivity contribution in [3.05, 3.63) is 42.2 Å². The van der Waals surface area contributed by atoms with Crippen LogP contribution in [-0.4, -0.2) is 16.6 Å². The number of hydrazone groups is 1. The monoisotopic (exact) mass is 419 g/mol. The average Bonchev–Trinajstić information content (AvgIpc) is 3.14. The quantitative estimate of drug-likeness (QED) is 0.370. The lowest BCUT2D eigenvalue weighted by Gasteiger charge is -2.59. The highest BCUT2D eigenvalue weighted by Gasteiger charge is 2.59. The molecule has 3 fully saturated rings. The van der Waals surface area contributed by atoms with Crippen LogP contribution in [0.1, 0.15) is 82.5 Å². The average molecular weight is 420 g/mol. The predicted octanol–water partition coefficient (Wildman–Crippen LogP) is 6.01. The standard InChI is InChI=1S/C27H37N3O/c1-18(29-30-25(31)19-12-16-28-17-13-19)22-9-10-23-21-8-7-20-6-4-5-14-26(20,2)24(21)11-15-27(22,23)3/h4-5,12-13,16-17,20-24H,6-11,14-15H2,1-3H3,(H,30,31)/b29-18+/t20-,21+,22?,23+,24+,26+,27-/m1/s1. The minimum absolute atomic E-state index is 0.151. The van der Waals surface area contributed by atoms with Crippen LogP contribution in [0, 0.1) is 40.4 Å². The first kappa shape index (κ1) is 20.9. The van der Waals surface area contributed by atoms with E-state index in [4.69, 9.17) is 0 Å². The molecule has 1 aromatic rings. The van der Waals surface area contributed by atoms with E-state index < -0.39 is 0 Å². The van der Waals surface area contributed by atoms with Crippen LogP contribution in [0.3, 0.4) is 0 Å². The number of amides is 1. The van der Waals surface area contributed by atoms with E-state index in [-0.39, 0.29) is 5.91 Å². The Morgan fingerprint density at radius 3 is 2.61 bits per heavy atom. The predicted molar refractivity (Wildman–Crippen MR) is 125 cm³/mol. The number of carbonyl (C=O) groups excluding carboxylic acids is 1. The number of hydrogen-bond donors (Lipinski definition) is 1. The number of aromatic nitrogens is 1. The van der Waals surface area contributed by atoms with Gasteiger partial charge in [0.25, 0.3) is 5.91 Å². The summed E-state index contributed by atoms with van der Waals surface area (Å²) >= 11 is 0. The van der Waals surface area contributed by atoms with Gasteiger partial charge in [-0.15, -0.1) is 0 Å². The minimum Gasteiger partial charge on any atom is -0.267 e. The van der Waals surface area contributed by atoms with Gasteiger partial charge in [0.15, 0.2) is 0 Å². The highest BCUT2D eigenvalue weighted by molar-refractivity contribution is 5.95. The van der Waals surface area contributed by atoms with E-state index in [0.29, 0.717) is 22.3 Å². The molecule has 4 nitrogen and oxygen atoms in total. The second kappa shape index (κ2) is 7.86. The molecule has 0 radical (unpaired) electrons. The maximum atomic E-state index is 12.4. The molecule has 1 amide bonds. The highest BCUT2D eigenvalue weighted by atomic mass is 16.2. The van der Waals surface area contributed by atoms with Gasteiger partial charge in [-0.1, -0.05) is 26.0 Å². The van der Waals surface area contributed by atoms with E-state index in [1.54, 1.807) is 24.5 Å². The van der Waals surface area contributed by atoms with E-state index in [1.807, 2.05) is 0 Å². The summed E-state index contributed by atoms with van der Waals surface area (Å²) < 4.78 is 0. The van der Waals surface area contributed by atoms with Crippen molar-refractivity contribution in [3.63, 3.8) is 0 Å². The fourth-order valence-electron chi connectivity index (χ4n) is 8.31. The van der Waals surface area contributed by atoms with Gasteiger partial charge < -0.3 is 0 Å². The molecular weight excluding hydrogens is 382 g/mol. The number of nitrogens with one attached hydrogen (secondary N) is 1. The molecule has 1 unspecified atom stereocenters. The van der Waals surface area contributed by atoms with Gasteiger partial charge in [0, 0.05) is 29.6 Å². The van der Waals surface area contributed by atoms with Crippen molar-refractivity contribution in [3.8, 4) is 0 Å². The van der Waals surface area contributed by atoms with E-state index in [9.17, 15) is 4.79 Å². The van der Waals surface area contributed by atoms with Gasteiger partial charge in [-0.3, -0.25) is 9.78 Å². The van der Waals surface area contributed by atoms with Crippen LogP contribution in [0.5, 0.6) is 0 Å². The van der Waals surface area contributed by atoms with E-state index in [0.717, 1.165) is 29.4 Å². The lowest BCUT2D eigenvalue weighted by Crippen LogP contribution is -2.52. The lowest BCUT2D eigenvalue weighted by atomic mass is 9.45. The summed E-state index contributed by atoms with van der Waals surface area (Å²) in [7, 11) is 0. The first-order chi connectivity index (χ1) is 14.9. The van der Waals surface area contributed by atoms with Crippen LogP contribution in [0.15, 0.2) is 41.8 Å². The summed E-state index contributed by atoms with van der Waals surface area (Å²) in [6, 6.07) is 3.46. The largest absolute Gasteiger partial charge is 0.271 e. The third kappa shape index (κ3) is 3.37. The van der Waals surface area contributed by atoms with Gasteiger partial charge in [-0.05, 0) is 105 Å². The first-order valence-electron chi connectivity index (χ1n) is 12.3. The second-order valence-corrected chi connectivity index (χ2v) is 11.2. The molecule has 0 bridgehead atoms. The Bertz CT molecular complexity index is 893. The molecule has 4 aliphatic rings. The summed E-state index contributed by atoms with van der Waals surface area (Å²) in [6.45, 7) is 7.26. The molecule has 5 rings (SSSR count). The van der Waals surface area contributed by atoms with Crippen molar-refractivity contribution in [2.45, 2.75) is 72.1 Å². The summed E-state index contributed by atoms with van der Waals surface area (Å²) in [6.07, 6.45) is 18.8. The Morgan fingerprint density at radius 2 is 1.81 bits per heavy atom. The second-order valence-electron chi connectivity index (χ2n) is 11.2. The Morgan fingerprint density at radius 1 is 1.03 bits per heavy atom. The SMILES string of the molecule is C/C(=N\NC(=O)c1ccncc1)C1CC[C@H]2[C@@H]3CC[C@H]4CC=CC[C@]4(C)[C@H]3CC[C@]12C. The van der Waals surface area contributed by atoms with Crippen LogP contribution < -0.4 is 5.43 Å². The molecular formula is C27H37N3O. The smallest absolute Gasteiger partial charge is 0.267 e. The van der Waals surface area contributed by atoms with Crippen molar-refractivity contribution in [2.24, 2.45) is 45.5 Å². The molecule has 0 aromatic carbocycles. The topological polar surface area (TPSA) is 54.4 Å². The third-order valence-corrected chi connectivity index (χ3v) is 9.99. The maximum Gasteiger partial charge on any atom is 0.271 e. The van der Waals surface area contributed by atoms with Gasteiger partial charge in [0.05, 0.1) is 0 Å². The van der Waals surface area contributed by atoms with Crippen LogP contribution in [-0.2, 0) is 0 Å². The number of nitrogens with zero attached hydrogens (tertiary/aromatic N) is 2. The summed E-state index contributed by atoms with van der Waals surface area (Å²) in [5.74, 6) is 3.79. The summed E-state index contributed by atoms with van der Waals surface area (Å²) in [5, 5.41) is 4.59. The minimum atomic E-state index is -0.151. The number of hydrogen-bond acceptors (Lipinski definition) is 3. The van der Waals surface area contributed by atoms with Gasteiger partial charge in [-0.25, -0.2) is 5.43 Å².